The van der Waals surface area contributed by atoms with Gasteiger partial charge in [0.15, 0.2) is 0 Å². The van der Waals surface area contributed by atoms with Crippen LogP contribution in [0.4, 0.5) is 39.6 Å². The highest BCUT2D eigenvalue weighted by Gasteiger charge is 2.84. The van der Waals surface area contributed by atoms with Gasteiger partial charge in [-0.1, -0.05) is 19.1 Å². The molecule has 1 heterocycles. The number of hydroxylamine groups is 2. The Morgan fingerprint density at radius 1 is 0.914 bits per heavy atom. The van der Waals surface area contributed by atoms with Crippen molar-refractivity contribution in [1.82, 2.24) is 5.06 Å². The number of carbonyl (C=O) groups excluding carboxylic acids is 2. The Morgan fingerprint density at radius 3 is 2.06 bits per heavy atom. The lowest BCUT2D eigenvalue weighted by molar-refractivity contribution is -0.458. The summed E-state index contributed by atoms with van der Waals surface area (Å²) >= 11 is -0.424. The van der Waals surface area contributed by atoms with E-state index in [0.717, 1.165) is 6.42 Å². The fourth-order valence-corrected chi connectivity index (χ4v) is 4.53. The summed E-state index contributed by atoms with van der Waals surface area (Å²) in [7, 11) is 0. The van der Waals surface area contributed by atoms with Crippen LogP contribution in [0.2, 0.25) is 0 Å². The Morgan fingerprint density at radius 2 is 1.51 bits per heavy atom. The molecule has 0 saturated carbocycles. The Kier molecular flexibility index (Phi) is 7.34. The Labute approximate surface area is 199 Å². The number of nitrogens with zero attached hydrogens (tertiary/aromatic N) is 1. The molecule has 0 spiro atoms. The van der Waals surface area contributed by atoms with Gasteiger partial charge in [0.05, 0.1) is 11.1 Å². The molecule has 1 aliphatic rings. The number of imide groups is 1. The van der Waals surface area contributed by atoms with Crippen molar-refractivity contribution in [2.24, 2.45) is 0 Å². The van der Waals surface area contributed by atoms with Crippen LogP contribution in [0.15, 0.2) is 35.2 Å². The topological polar surface area (TPSA) is 55.8 Å². The van der Waals surface area contributed by atoms with E-state index in [0.29, 0.717) is 16.0 Å². The molecule has 0 N–H and O–H groups in total. The smallest absolute Gasteiger partial charge is 0.266 e. The molecule has 3 rings (SSSR count). The van der Waals surface area contributed by atoms with Crippen LogP contribution in [0.1, 0.15) is 34.1 Å². The first-order valence-electron chi connectivity index (χ1n) is 9.38. The third-order valence-electron chi connectivity index (χ3n) is 4.75. The van der Waals surface area contributed by atoms with Gasteiger partial charge >= 0.3 is 23.2 Å². The van der Waals surface area contributed by atoms with Gasteiger partial charge in [0, 0.05) is 10.3 Å². The number of carbonyl (C=O) groups is 2. The van der Waals surface area contributed by atoms with Gasteiger partial charge in [-0.05, 0) is 40.3 Å². The molecular weight excluding hydrogens is 541 g/mol. The van der Waals surface area contributed by atoms with Crippen LogP contribution in [-0.2, 0) is 9.23 Å². The van der Waals surface area contributed by atoms with Crippen LogP contribution in [-0.4, -0.2) is 45.8 Å². The van der Waals surface area contributed by atoms with E-state index in [1.807, 2.05) is 6.92 Å². The van der Waals surface area contributed by atoms with Crippen molar-refractivity contribution < 1.29 is 58.5 Å². The van der Waals surface area contributed by atoms with Crippen molar-refractivity contribution in [3.63, 3.8) is 0 Å². The highest BCUT2D eigenvalue weighted by atomic mass is 32.2. The van der Waals surface area contributed by atoms with E-state index in [-0.39, 0.29) is 21.6 Å². The second-order valence-corrected chi connectivity index (χ2v) is 8.98. The third-order valence-corrected chi connectivity index (χ3v) is 6.72. The molecule has 0 aromatic heterocycles. The number of hydrogen-bond acceptors (Lipinski definition) is 6. The number of alkyl halides is 8. The van der Waals surface area contributed by atoms with E-state index >= 15 is 0 Å². The summed E-state index contributed by atoms with van der Waals surface area (Å²) in [6.45, 7) is 1.92. The molecule has 0 aliphatic carbocycles. The predicted molar refractivity (Wildman–Crippen MR) is 106 cm³/mol. The quantitative estimate of drug-likeness (QED) is 0.146. The van der Waals surface area contributed by atoms with Crippen molar-refractivity contribution in [3.8, 4) is 0 Å². The van der Waals surface area contributed by atoms with E-state index in [1.54, 1.807) is 11.0 Å². The van der Waals surface area contributed by atoms with Crippen molar-refractivity contribution in [1.29, 1.82) is 0 Å². The zero-order valence-electron chi connectivity index (χ0n) is 17.1. The lowest BCUT2D eigenvalue weighted by Crippen LogP contribution is -2.63. The number of hydrogen-bond donors (Lipinski definition) is 0. The van der Waals surface area contributed by atoms with Gasteiger partial charge in [-0.15, -0.1) is 21.8 Å². The second kappa shape index (κ2) is 9.37. The molecule has 1 aliphatic heterocycles. The monoisotopic (exact) mass is 553 g/mol. The van der Waals surface area contributed by atoms with Crippen LogP contribution < -0.4 is 0 Å². The molecule has 0 fully saturated rings. The van der Waals surface area contributed by atoms with E-state index in [1.165, 1.54) is 36.0 Å². The summed E-state index contributed by atoms with van der Waals surface area (Å²) in [6.07, 6.45) is -6.21. The maximum atomic E-state index is 14.1. The Hall–Kier alpha value is -2.17. The minimum Gasteiger partial charge on any atom is -0.266 e. The molecule has 5 nitrogen and oxygen atoms in total. The first-order valence-corrected chi connectivity index (χ1v) is 11.1. The van der Waals surface area contributed by atoms with Gasteiger partial charge in [0.1, 0.15) is 12.0 Å². The van der Waals surface area contributed by atoms with Crippen molar-refractivity contribution in [2.45, 2.75) is 41.4 Å². The fraction of sp³-hybridized carbons (Fsp3) is 0.368. The SMILES string of the molecule is CCCSc1ccc2c3c(cccc13)C(=O)N(OSC(F)(F)C(F)(OF)C(F)(F)C(F)(F)F)C2=O. The van der Waals surface area contributed by atoms with Crippen molar-refractivity contribution in [2.75, 3.05) is 5.75 Å². The molecule has 1 atom stereocenters. The van der Waals surface area contributed by atoms with Crippen LogP contribution >= 0.6 is 23.8 Å². The summed E-state index contributed by atoms with van der Waals surface area (Å²) in [5.74, 6) is -15.8. The lowest BCUT2D eigenvalue weighted by atomic mass is 9.95. The van der Waals surface area contributed by atoms with Crippen molar-refractivity contribution in [3.05, 3.63) is 41.5 Å². The molecule has 0 radical (unpaired) electrons. The van der Waals surface area contributed by atoms with Gasteiger partial charge in [0.25, 0.3) is 11.8 Å². The molecule has 0 saturated heterocycles. The van der Waals surface area contributed by atoms with Gasteiger partial charge in [-0.2, -0.15) is 39.4 Å². The zero-order chi connectivity index (χ0) is 26.4. The highest BCUT2D eigenvalue weighted by Crippen LogP contribution is 2.57. The average Bonchev–Trinajstić information content (AvgIpc) is 2.79. The molecule has 16 heteroatoms. The number of amides is 2. The Bertz CT molecular complexity index is 1140. The minimum absolute atomic E-state index is 0.121. The average molecular weight is 553 g/mol. The molecule has 1 unspecified atom stereocenters. The molecule has 2 amide bonds. The summed E-state index contributed by atoms with van der Waals surface area (Å²) < 4.78 is 123. The zero-order valence-corrected chi connectivity index (χ0v) is 18.7. The maximum absolute atomic E-state index is 14.1. The molecule has 2 aromatic rings. The largest absolute Gasteiger partial charge is 0.459 e. The van der Waals surface area contributed by atoms with Gasteiger partial charge in [0.2, 0.25) is 0 Å². The number of benzene rings is 2. The summed E-state index contributed by atoms with van der Waals surface area (Å²) in [5.41, 5.74) is -0.511. The van der Waals surface area contributed by atoms with Gasteiger partial charge in [-0.25, -0.2) is 0 Å². The summed E-state index contributed by atoms with van der Waals surface area (Å²) in [5, 5.41) is -5.93. The lowest BCUT2D eigenvalue weighted by Gasteiger charge is -2.35. The first-order chi connectivity index (χ1) is 16.1. The molecule has 0 bridgehead atoms. The van der Waals surface area contributed by atoms with E-state index < -0.39 is 47.1 Å². The minimum atomic E-state index is -7.06. The number of halogens is 9. The molecular formula is C19H12F9NO4S2. The fourth-order valence-electron chi connectivity index (χ4n) is 3.05. The first kappa shape index (κ1) is 27.4. The molecule has 192 valence electrons. The van der Waals surface area contributed by atoms with Crippen LogP contribution in [0, 0.1) is 0 Å². The van der Waals surface area contributed by atoms with Crippen LogP contribution in [0.5, 0.6) is 0 Å². The highest BCUT2D eigenvalue weighted by molar-refractivity contribution is 7.99. The normalized spacial score (nSPS) is 16.7. The van der Waals surface area contributed by atoms with Gasteiger partial charge < -0.3 is 0 Å². The van der Waals surface area contributed by atoms with E-state index in [2.05, 4.69) is 4.28 Å². The Balaban J connectivity index is 1.95. The predicted octanol–water partition coefficient (Wildman–Crippen LogP) is 6.88. The van der Waals surface area contributed by atoms with E-state index in [4.69, 9.17) is 0 Å². The maximum Gasteiger partial charge on any atom is 0.459 e. The van der Waals surface area contributed by atoms with Gasteiger partial charge in [-0.3, -0.25) is 9.59 Å². The van der Waals surface area contributed by atoms with Crippen LogP contribution in [0.3, 0.4) is 0 Å². The summed E-state index contributed by atoms with van der Waals surface area (Å²) in [4.78, 5) is 27.9. The third kappa shape index (κ3) is 4.34. The summed E-state index contributed by atoms with van der Waals surface area (Å²) in [6, 6.07) is 6.85. The van der Waals surface area contributed by atoms with Crippen LogP contribution in [0.25, 0.3) is 10.8 Å². The molecule has 35 heavy (non-hydrogen) atoms. The van der Waals surface area contributed by atoms with Crippen molar-refractivity contribution >= 4 is 46.4 Å². The number of thioether (sulfide) groups is 1. The van der Waals surface area contributed by atoms with E-state index in [9.17, 15) is 49.2 Å². The molecule has 2 aromatic carbocycles. The standard InChI is InChI=1S/C19H12F9NO4S2/c1-2-8-34-12-7-6-11-13-9(12)4-3-5-10(13)14(30)29(15(11)31)33-35-19(26,27)17(22,32-28)16(20,21)18(23,24)25/h3-7H,2,8H2,1H3. The number of rotatable bonds is 9. The second-order valence-electron chi connectivity index (χ2n) is 7.01.